The van der Waals surface area contributed by atoms with Crippen LogP contribution >= 0.6 is 0 Å². The first-order chi connectivity index (χ1) is 18.7. The Morgan fingerprint density at radius 3 is 2.21 bits per heavy atom. The van der Waals surface area contributed by atoms with Gasteiger partial charge in [-0.05, 0) is 53.4 Å². The number of nitrogens with zero attached hydrogens (tertiary/aromatic N) is 3. The highest BCUT2D eigenvalue weighted by molar-refractivity contribution is 5.83. The lowest BCUT2D eigenvalue weighted by atomic mass is 9.87. The summed E-state index contributed by atoms with van der Waals surface area (Å²) in [6, 6.07) is 38.6. The molecule has 3 heterocycles. The number of hydrogen-bond acceptors (Lipinski definition) is 1. The van der Waals surface area contributed by atoms with Crippen molar-refractivity contribution in [2.45, 2.75) is 25.4 Å². The summed E-state index contributed by atoms with van der Waals surface area (Å²) in [6.45, 7) is 6.36. The van der Waals surface area contributed by atoms with Crippen LogP contribution in [0.4, 0.5) is 0 Å². The zero-order chi connectivity index (χ0) is 26.1. The zero-order valence-electron chi connectivity index (χ0n) is 21.5. The minimum Gasteiger partial charge on any atom is -0.192 e. The highest BCUT2D eigenvalue weighted by Gasteiger charge is 2.44. The molecular formula is C35H29N3+2. The Bertz CT molecular complexity index is 1690. The van der Waals surface area contributed by atoms with Crippen molar-refractivity contribution in [3.63, 3.8) is 0 Å². The van der Waals surface area contributed by atoms with E-state index < -0.39 is 0 Å². The van der Waals surface area contributed by atoms with Gasteiger partial charge in [0.25, 0.3) is 0 Å². The molecule has 0 amide bonds. The average molecular weight is 492 g/mol. The van der Waals surface area contributed by atoms with Gasteiger partial charge in [-0.15, -0.1) is 6.58 Å². The van der Waals surface area contributed by atoms with Crippen LogP contribution in [0.3, 0.4) is 0 Å². The second-order valence-corrected chi connectivity index (χ2v) is 9.78. The molecule has 3 nitrogen and oxygen atoms in total. The lowest BCUT2D eigenvalue weighted by Crippen LogP contribution is -2.56. The summed E-state index contributed by atoms with van der Waals surface area (Å²) in [5, 5.41) is 9.33. The van der Waals surface area contributed by atoms with E-state index in [2.05, 4.69) is 120 Å². The molecule has 182 valence electrons. The summed E-state index contributed by atoms with van der Waals surface area (Å²) >= 11 is 0. The molecule has 0 spiro atoms. The quantitative estimate of drug-likeness (QED) is 0.192. The van der Waals surface area contributed by atoms with Gasteiger partial charge >= 0.3 is 0 Å². The molecule has 0 saturated carbocycles. The number of fused-ring (bicyclic) bond motifs is 3. The monoisotopic (exact) mass is 491 g/mol. The predicted octanol–water partition coefficient (Wildman–Crippen LogP) is 7.03. The smallest absolute Gasteiger partial charge is 0.192 e. The second-order valence-electron chi connectivity index (χ2n) is 9.78. The average Bonchev–Trinajstić information content (AvgIpc) is 2.98. The van der Waals surface area contributed by atoms with Crippen LogP contribution in [0.5, 0.6) is 0 Å². The normalized spacial score (nSPS) is 15.7. The molecule has 1 aliphatic rings. The lowest BCUT2D eigenvalue weighted by Gasteiger charge is -2.26. The Kier molecular flexibility index (Phi) is 6.15. The minimum atomic E-state index is 0.105. The third kappa shape index (κ3) is 3.92. The van der Waals surface area contributed by atoms with Crippen molar-refractivity contribution in [1.29, 1.82) is 5.26 Å². The molecule has 2 unspecified atom stereocenters. The fourth-order valence-corrected chi connectivity index (χ4v) is 5.93. The third-order valence-electron chi connectivity index (χ3n) is 7.63. The largest absolute Gasteiger partial charge is 0.245 e. The van der Waals surface area contributed by atoms with Gasteiger partial charge in [-0.1, -0.05) is 54.6 Å². The van der Waals surface area contributed by atoms with Gasteiger partial charge in [-0.2, -0.15) is 14.4 Å². The Balaban J connectivity index is 1.61. The Morgan fingerprint density at radius 1 is 0.763 bits per heavy atom. The van der Waals surface area contributed by atoms with Crippen molar-refractivity contribution in [1.82, 2.24) is 0 Å². The molecule has 38 heavy (non-hydrogen) atoms. The predicted molar refractivity (Wildman–Crippen MR) is 151 cm³/mol. The topological polar surface area (TPSA) is 31.5 Å². The summed E-state index contributed by atoms with van der Waals surface area (Å²) in [5.41, 5.74) is 10.3. The molecule has 0 radical (unpaired) electrons. The Morgan fingerprint density at radius 2 is 1.45 bits per heavy atom. The maximum atomic E-state index is 9.33. The first kappa shape index (κ1) is 23.6. The van der Waals surface area contributed by atoms with E-state index in [0.29, 0.717) is 5.56 Å². The summed E-state index contributed by atoms with van der Waals surface area (Å²) in [4.78, 5) is 0. The molecule has 2 atom stereocenters. The summed E-state index contributed by atoms with van der Waals surface area (Å²) in [7, 11) is 0. The number of allylic oxidation sites excluding steroid dienone is 1. The molecule has 3 aromatic carbocycles. The van der Waals surface area contributed by atoms with Gasteiger partial charge < -0.3 is 0 Å². The van der Waals surface area contributed by atoms with Crippen LogP contribution in [0, 0.1) is 11.3 Å². The minimum absolute atomic E-state index is 0.105. The number of aromatic nitrogens is 2. The van der Waals surface area contributed by atoms with Crippen molar-refractivity contribution in [2.75, 3.05) is 0 Å². The lowest BCUT2D eigenvalue weighted by molar-refractivity contribution is -0.801. The summed E-state index contributed by atoms with van der Waals surface area (Å²) in [6.07, 6.45) is 7.15. The van der Waals surface area contributed by atoms with Crippen LogP contribution in [0.15, 0.2) is 128 Å². The van der Waals surface area contributed by atoms with E-state index in [9.17, 15) is 5.26 Å². The van der Waals surface area contributed by atoms with Gasteiger partial charge in [0.05, 0.1) is 22.8 Å². The maximum absolute atomic E-state index is 9.33. The van der Waals surface area contributed by atoms with Gasteiger partial charge in [-0.25, -0.2) is 0 Å². The van der Waals surface area contributed by atoms with E-state index in [0.717, 1.165) is 23.2 Å². The van der Waals surface area contributed by atoms with Crippen molar-refractivity contribution in [3.05, 3.63) is 145 Å². The molecule has 5 aromatic rings. The number of pyridine rings is 2. The number of nitriles is 1. The summed E-state index contributed by atoms with van der Waals surface area (Å²) in [5.74, 6) is 0. The number of benzene rings is 3. The Hall–Kier alpha value is -4.81. The SMILES string of the molecule is C=CCc1cccc(-c2ccc(C#N)cc2)c1-c1cccc[n+]1C1c2ccccc2-c2cccc[n+]2C1C. The van der Waals surface area contributed by atoms with E-state index in [1.807, 2.05) is 30.3 Å². The first-order valence-electron chi connectivity index (χ1n) is 13.0. The van der Waals surface area contributed by atoms with Crippen molar-refractivity contribution in [3.8, 4) is 39.7 Å². The maximum Gasteiger partial charge on any atom is 0.245 e. The number of hydrogen-bond donors (Lipinski definition) is 0. The van der Waals surface area contributed by atoms with E-state index in [1.54, 1.807) is 0 Å². The third-order valence-corrected chi connectivity index (χ3v) is 7.63. The van der Waals surface area contributed by atoms with Gasteiger partial charge in [0, 0.05) is 36.8 Å². The van der Waals surface area contributed by atoms with Gasteiger partial charge in [0.1, 0.15) is 0 Å². The van der Waals surface area contributed by atoms with Crippen LogP contribution in [-0.2, 0) is 6.42 Å². The highest BCUT2D eigenvalue weighted by Crippen LogP contribution is 2.39. The number of rotatable bonds is 5. The molecule has 0 saturated heterocycles. The molecule has 1 aliphatic heterocycles. The van der Waals surface area contributed by atoms with Crippen LogP contribution in [0.25, 0.3) is 33.6 Å². The molecule has 0 fully saturated rings. The molecule has 0 N–H and O–H groups in total. The standard InChI is InChI=1S/C35H29N3/c1-3-11-28-12-10-15-29(27-20-18-26(24-36)19-21-27)34(28)33-17-7-9-23-38(33)35-25(2)37-22-8-6-16-32(37)30-13-4-5-14-31(30)35/h3-10,12-23,25,35H,1,11H2,2H3/q+2. The summed E-state index contributed by atoms with van der Waals surface area (Å²) < 4.78 is 4.84. The molecular weight excluding hydrogens is 462 g/mol. The molecule has 0 bridgehead atoms. The molecule has 0 aliphatic carbocycles. The van der Waals surface area contributed by atoms with E-state index in [4.69, 9.17) is 0 Å². The van der Waals surface area contributed by atoms with Crippen molar-refractivity contribution in [2.24, 2.45) is 0 Å². The first-order valence-corrected chi connectivity index (χ1v) is 13.0. The Labute approximate surface area is 224 Å². The van der Waals surface area contributed by atoms with Gasteiger partial charge in [-0.3, -0.25) is 0 Å². The van der Waals surface area contributed by atoms with Crippen molar-refractivity contribution < 1.29 is 9.13 Å². The highest BCUT2D eigenvalue weighted by atomic mass is 15.1. The van der Waals surface area contributed by atoms with Crippen LogP contribution < -0.4 is 9.13 Å². The second kappa shape index (κ2) is 9.92. The molecule has 3 heteroatoms. The van der Waals surface area contributed by atoms with E-state index in [-0.39, 0.29) is 12.1 Å². The van der Waals surface area contributed by atoms with Crippen LogP contribution in [0.1, 0.15) is 35.7 Å². The van der Waals surface area contributed by atoms with Crippen LogP contribution in [0.2, 0.25) is 0 Å². The van der Waals surface area contributed by atoms with E-state index >= 15 is 0 Å². The van der Waals surface area contributed by atoms with Gasteiger partial charge in [0.15, 0.2) is 12.4 Å². The molecule has 2 aromatic heterocycles. The van der Waals surface area contributed by atoms with Crippen LogP contribution in [-0.4, -0.2) is 0 Å². The van der Waals surface area contributed by atoms with E-state index in [1.165, 1.54) is 27.9 Å². The molecule has 6 rings (SSSR count). The zero-order valence-corrected chi connectivity index (χ0v) is 21.5. The van der Waals surface area contributed by atoms with Gasteiger partial charge in [0.2, 0.25) is 23.5 Å². The fourth-order valence-electron chi connectivity index (χ4n) is 5.93. The van der Waals surface area contributed by atoms with Crippen molar-refractivity contribution >= 4 is 0 Å². The fraction of sp³-hybridized carbons (Fsp3) is 0.114.